The molecule has 0 spiro atoms. The van der Waals surface area contributed by atoms with Gasteiger partial charge in [-0.15, -0.1) is 0 Å². The van der Waals surface area contributed by atoms with Gasteiger partial charge >= 0.3 is 7.60 Å². The third kappa shape index (κ3) is 21.1. The summed E-state index contributed by atoms with van der Waals surface area (Å²) in [6, 6.07) is 0. The molecular weight excluding hydrogens is 391 g/mol. The van der Waals surface area contributed by atoms with Crippen molar-refractivity contribution >= 4 is 7.60 Å². The van der Waals surface area contributed by atoms with E-state index in [0.29, 0.717) is 18.7 Å². The molecule has 0 bridgehead atoms. The second-order valence-electron chi connectivity index (χ2n) is 9.01. The summed E-state index contributed by atoms with van der Waals surface area (Å²) in [5.41, 5.74) is 0. The summed E-state index contributed by atoms with van der Waals surface area (Å²) in [6.45, 7) is 6.96. The topological polar surface area (TPSA) is 46.5 Å². The van der Waals surface area contributed by atoms with E-state index in [-0.39, 0.29) is 0 Å². The van der Waals surface area contributed by atoms with E-state index in [2.05, 4.69) is 32.9 Å². The molecule has 0 radical (unpaired) electrons. The third-order valence-corrected chi connectivity index (χ3v) is 7.55. The van der Waals surface area contributed by atoms with Crippen molar-refractivity contribution < 1.29 is 14.0 Å². The van der Waals surface area contributed by atoms with Crippen LogP contribution in [0.4, 0.5) is 0 Å². The predicted octanol–water partition coefficient (Wildman–Crippen LogP) is 9.44. The molecule has 30 heavy (non-hydrogen) atoms. The van der Waals surface area contributed by atoms with Crippen LogP contribution in [0.1, 0.15) is 136 Å². The minimum absolute atomic E-state index is 0.320. The molecule has 2 atom stereocenters. The highest BCUT2D eigenvalue weighted by atomic mass is 31.2. The maximum atomic E-state index is 12.2. The summed E-state index contributed by atoms with van der Waals surface area (Å²) in [4.78, 5) is 10.1. The maximum absolute atomic E-state index is 12.2. The average Bonchev–Trinajstić information content (AvgIpc) is 2.73. The van der Waals surface area contributed by atoms with Gasteiger partial charge in [-0.25, -0.2) is 0 Å². The van der Waals surface area contributed by atoms with Gasteiger partial charge in [0.2, 0.25) is 0 Å². The first-order chi connectivity index (χ1) is 14.6. The summed E-state index contributed by atoms with van der Waals surface area (Å²) in [6.07, 6.45) is 27.1. The first-order valence-electron chi connectivity index (χ1n) is 13.2. The van der Waals surface area contributed by atoms with Crippen molar-refractivity contribution in [2.75, 3.05) is 12.8 Å². The lowest BCUT2D eigenvalue weighted by Gasteiger charge is -2.18. The van der Waals surface area contributed by atoms with Gasteiger partial charge in [0.25, 0.3) is 0 Å². The summed E-state index contributed by atoms with van der Waals surface area (Å²) in [5.74, 6) is 0.320. The van der Waals surface area contributed by atoms with Gasteiger partial charge in [0.1, 0.15) is 0 Å². The lowest BCUT2D eigenvalue weighted by atomic mass is 10.0. The molecule has 0 aliphatic carbocycles. The van der Waals surface area contributed by atoms with Gasteiger partial charge in [0.15, 0.2) is 0 Å². The van der Waals surface area contributed by atoms with Gasteiger partial charge in [0.05, 0.1) is 12.8 Å². The Hall–Kier alpha value is -0.110. The van der Waals surface area contributed by atoms with Crippen molar-refractivity contribution in [2.24, 2.45) is 5.92 Å². The number of hydrogen-bond acceptors (Lipinski definition) is 2. The first-order valence-corrected chi connectivity index (χ1v) is 14.9. The fraction of sp³-hybridized carbons (Fsp3) is 0.923. The van der Waals surface area contributed by atoms with Crippen LogP contribution in [0.15, 0.2) is 12.2 Å². The molecule has 0 saturated heterocycles. The Morgan fingerprint density at radius 2 is 1.23 bits per heavy atom. The van der Waals surface area contributed by atoms with Gasteiger partial charge in [0, 0.05) is 0 Å². The molecule has 0 rings (SSSR count). The number of allylic oxidation sites excluding steroid dienone is 2. The van der Waals surface area contributed by atoms with Crippen molar-refractivity contribution in [2.45, 2.75) is 136 Å². The Morgan fingerprint density at radius 3 is 1.77 bits per heavy atom. The molecule has 3 nitrogen and oxygen atoms in total. The molecule has 180 valence electrons. The molecular formula is C26H53O3P. The maximum Gasteiger partial charge on any atom is 0.328 e. The Morgan fingerprint density at radius 1 is 0.733 bits per heavy atom. The van der Waals surface area contributed by atoms with Crippen molar-refractivity contribution in [3.8, 4) is 0 Å². The Bertz CT molecular complexity index is 423. The zero-order valence-corrected chi connectivity index (χ0v) is 21.5. The molecule has 4 heteroatoms. The van der Waals surface area contributed by atoms with Crippen molar-refractivity contribution in [1.29, 1.82) is 0 Å². The van der Waals surface area contributed by atoms with Gasteiger partial charge in [-0.1, -0.05) is 110 Å². The van der Waals surface area contributed by atoms with Gasteiger partial charge in [-0.05, 0) is 44.4 Å². The van der Waals surface area contributed by atoms with Crippen LogP contribution in [-0.4, -0.2) is 17.7 Å². The fourth-order valence-corrected chi connectivity index (χ4v) is 5.47. The Kier molecular flexibility index (Phi) is 22.0. The fourth-order valence-electron chi connectivity index (χ4n) is 3.85. The van der Waals surface area contributed by atoms with Crippen LogP contribution in [0.2, 0.25) is 0 Å². The molecule has 0 aliphatic heterocycles. The predicted molar refractivity (Wildman–Crippen MR) is 133 cm³/mol. The summed E-state index contributed by atoms with van der Waals surface area (Å²) < 4.78 is 17.6. The molecule has 0 aliphatic rings. The molecule has 0 aromatic heterocycles. The standard InChI is InChI=1S/C26H53O3P/c1-4-7-9-10-11-12-13-14-15-16-17-18-19-20-21-22-24-29-30(27,28)25-26(6-3)23-8-5-2/h14-15,26H,4-13,16-25H2,1-3H3,(H,27,28). The van der Waals surface area contributed by atoms with Crippen LogP contribution in [-0.2, 0) is 9.09 Å². The molecule has 0 aromatic rings. The molecule has 0 amide bonds. The van der Waals surface area contributed by atoms with Crippen LogP contribution < -0.4 is 0 Å². The second kappa shape index (κ2) is 22.1. The normalized spacial score (nSPS) is 14.9. The minimum atomic E-state index is -3.40. The number of hydrogen-bond donors (Lipinski definition) is 1. The summed E-state index contributed by atoms with van der Waals surface area (Å²) >= 11 is 0. The van der Waals surface area contributed by atoms with E-state index >= 15 is 0 Å². The van der Waals surface area contributed by atoms with Crippen LogP contribution in [0, 0.1) is 5.92 Å². The smallest absolute Gasteiger partial charge is 0.324 e. The van der Waals surface area contributed by atoms with Crippen molar-refractivity contribution in [1.82, 2.24) is 0 Å². The van der Waals surface area contributed by atoms with E-state index in [1.54, 1.807) is 0 Å². The molecule has 0 fully saturated rings. The van der Waals surface area contributed by atoms with Crippen LogP contribution in [0.25, 0.3) is 0 Å². The zero-order valence-electron chi connectivity index (χ0n) is 20.6. The SMILES string of the molecule is CCCCCCCCC=CCCCCCCCCOP(=O)(O)CC(CC)CCCC. The molecule has 0 saturated carbocycles. The largest absolute Gasteiger partial charge is 0.328 e. The first kappa shape index (κ1) is 29.9. The highest BCUT2D eigenvalue weighted by Crippen LogP contribution is 2.45. The second-order valence-corrected chi connectivity index (χ2v) is 10.9. The van der Waals surface area contributed by atoms with Crippen LogP contribution >= 0.6 is 7.60 Å². The molecule has 0 heterocycles. The highest BCUT2D eigenvalue weighted by molar-refractivity contribution is 7.52. The quantitative estimate of drug-likeness (QED) is 0.0969. The van der Waals surface area contributed by atoms with Crippen LogP contribution in [0.3, 0.4) is 0 Å². The number of unbranched alkanes of at least 4 members (excludes halogenated alkanes) is 13. The van der Waals surface area contributed by atoms with Gasteiger partial charge in [-0.3, -0.25) is 4.57 Å². The molecule has 1 N–H and O–H groups in total. The Balaban J connectivity index is 3.46. The van der Waals surface area contributed by atoms with Crippen LogP contribution in [0.5, 0.6) is 0 Å². The van der Waals surface area contributed by atoms with Crippen molar-refractivity contribution in [3.05, 3.63) is 12.2 Å². The highest BCUT2D eigenvalue weighted by Gasteiger charge is 2.23. The number of rotatable bonds is 23. The lowest BCUT2D eigenvalue weighted by Crippen LogP contribution is -2.08. The van der Waals surface area contributed by atoms with E-state index in [0.717, 1.165) is 38.5 Å². The lowest BCUT2D eigenvalue weighted by molar-refractivity contribution is 0.246. The Labute approximate surface area is 189 Å². The average molecular weight is 445 g/mol. The minimum Gasteiger partial charge on any atom is -0.324 e. The molecule has 0 aromatic carbocycles. The molecule has 2 unspecified atom stereocenters. The summed E-state index contributed by atoms with van der Waals surface area (Å²) in [7, 11) is -3.40. The van der Waals surface area contributed by atoms with E-state index in [1.165, 1.54) is 77.0 Å². The van der Waals surface area contributed by atoms with E-state index in [1.807, 2.05) is 0 Å². The van der Waals surface area contributed by atoms with E-state index in [4.69, 9.17) is 4.52 Å². The van der Waals surface area contributed by atoms with E-state index < -0.39 is 7.60 Å². The van der Waals surface area contributed by atoms with Crippen molar-refractivity contribution in [3.63, 3.8) is 0 Å². The van der Waals surface area contributed by atoms with Gasteiger partial charge < -0.3 is 9.42 Å². The van der Waals surface area contributed by atoms with Gasteiger partial charge in [-0.2, -0.15) is 0 Å². The monoisotopic (exact) mass is 444 g/mol. The third-order valence-electron chi connectivity index (χ3n) is 5.98. The zero-order chi connectivity index (χ0) is 22.3. The van der Waals surface area contributed by atoms with E-state index in [9.17, 15) is 9.46 Å². The summed E-state index contributed by atoms with van der Waals surface area (Å²) in [5, 5.41) is 0.